The van der Waals surface area contributed by atoms with E-state index in [9.17, 15) is 9.90 Å². The number of thioether (sulfide) groups is 1. The molecule has 0 amide bonds. The Labute approximate surface area is 114 Å². The van der Waals surface area contributed by atoms with E-state index in [4.69, 9.17) is 0 Å². The Balaban J connectivity index is 2.29. The molecule has 19 heavy (non-hydrogen) atoms. The lowest BCUT2D eigenvalue weighted by Crippen LogP contribution is -2.08. The second kappa shape index (κ2) is 5.40. The standard InChI is InChI=1S/C12H14N4O2S/c1-7-10(12(17)18)11(15-8(2)14-7)19-6-9-13-4-5-16(9)3/h4-5H,6H2,1-3H3,(H,17,18). The van der Waals surface area contributed by atoms with Gasteiger partial charge in [0.2, 0.25) is 0 Å². The first-order chi connectivity index (χ1) is 8.99. The van der Waals surface area contributed by atoms with Crippen LogP contribution in [0.15, 0.2) is 17.4 Å². The van der Waals surface area contributed by atoms with Crippen LogP contribution in [-0.4, -0.2) is 30.6 Å². The summed E-state index contributed by atoms with van der Waals surface area (Å²) in [6.07, 6.45) is 3.56. The Kier molecular flexibility index (Phi) is 3.84. The predicted octanol–water partition coefficient (Wildman–Crippen LogP) is 1.82. The van der Waals surface area contributed by atoms with Gasteiger partial charge in [-0.15, -0.1) is 0 Å². The molecule has 0 aliphatic rings. The van der Waals surface area contributed by atoms with E-state index in [1.807, 2.05) is 17.8 Å². The third kappa shape index (κ3) is 2.93. The average Bonchev–Trinajstić information content (AvgIpc) is 2.70. The lowest BCUT2D eigenvalue weighted by atomic mass is 10.2. The molecule has 100 valence electrons. The first-order valence-corrected chi connectivity index (χ1v) is 6.65. The van der Waals surface area contributed by atoms with E-state index in [0.29, 0.717) is 22.3 Å². The van der Waals surface area contributed by atoms with Gasteiger partial charge in [-0.05, 0) is 13.8 Å². The van der Waals surface area contributed by atoms with Gasteiger partial charge in [-0.2, -0.15) is 0 Å². The van der Waals surface area contributed by atoms with Crippen LogP contribution in [0.25, 0.3) is 0 Å². The van der Waals surface area contributed by atoms with Gasteiger partial charge in [0.15, 0.2) is 0 Å². The van der Waals surface area contributed by atoms with Crippen molar-refractivity contribution in [3.63, 3.8) is 0 Å². The molecule has 0 fully saturated rings. The lowest BCUT2D eigenvalue weighted by molar-refractivity contribution is 0.0690. The number of hydrogen-bond acceptors (Lipinski definition) is 5. The number of aromatic carboxylic acids is 1. The molecule has 0 unspecified atom stereocenters. The number of carboxylic acid groups (broad SMARTS) is 1. The van der Waals surface area contributed by atoms with E-state index in [0.717, 1.165) is 5.82 Å². The molecule has 0 radical (unpaired) electrons. The molecule has 1 N–H and O–H groups in total. The lowest BCUT2D eigenvalue weighted by Gasteiger charge is -2.08. The van der Waals surface area contributed by atoms with Crippen LogP contribution in [-0.2, 0) is 12.8 Å². The summed E-state index contributed by atoms with van der Waals surface area (Å²) in [7, 11) is 1.90. The van der Waals surface area contributed by atoms with Crippen molar-refractivity contribution in [2.75, 3.05) is 0 Å². The summed E-state index contributed by atoms with van der Waals surface area (Å²) in [6.45, 7) is 3.44. The number of rotatable bonds is 4. The summed E-state index contributed by atoms with van der Waals surface area (Å²) in [4.78, 5) is 23.8. The first-order valence-electron chi connectivity index (χ1n) is 5.66. The van der Waals surface area contributed by atoms with Gasteiger partial charge in [-0.3, -0.25) is 0 Å². The molecule has 0 atom stereocenters. The average molecular weight is 278 g/mol. The largest absolute Gasteiger partial charge is 0.478 e. The summed E-state index contributed by atoms with van der Waals surface area (Å²) in [5.41, 5.74) is 0.659. The van der Waals surface area contributed by atoms with Crippen molar-refractivity contribution in [1.82, 2.24) is 19.5 Å². The molecule has 2 heterocycles. The summed E-state index contributed by atoms with van der Waals surface area (Å²) < 4.78 is 1.90. The number of aryl methyl sites for hydroxylation is 3. The Morgan fingerprint density at radius 2 is 2.16 bits per heavy atom. The second-order valence-corrected chi connectivity index (χ2v) is 5.05. The van der Waals surface area contributed by atoms with Gasteiger partial charge in [0, 0.05) is 19.4 Å². The number of imidazole rings is 1. The number of carbonyl (C=O) groups is 1. The molecule has 0 saturated heterocycles. The van der Waals surface area contributed by atoms with E-state index < -0.39 is 5.97 Å². The highest BCUT2D eigenvalue weighted by molar-refractivity contribution is 7.98. The van der Waals surface area contributed by atoms with Crippen LogP contribution in [0.2, 0.25) is 0 Å². The van der Waals surface area contributed by atoms with Crippen molar-refractivity contribution in [1.29, 1.82) is 0 Å². The molecule has 0 bridgehead atoms. The normalized spacial score (nSPS) is 10.7. The third-order valence-electron chi connectivity index (χ3n) is 2.64. The topological polar surface area (TPSA) is 80.9 Å². The molecule has 0 aliphatic carbocycles. The van der Waals surface area contributed by atoms with E-state index in [1.54, 1.807) is 20.0 Å². The molecule has 7 heteroatoms. The van der Waals surface area contributed by atoms with Crippen molar-refractivity contribution < 1.29 is 9.90 Å². The number of nitrogens with zero attached hydrogens (tertiary/aromatic N) is 4. The molecule has 0 aliphatic heterocycles. The molecule has 6 nitrogen and oxygen atoms in total. The van der Waals surface area contributed by atoms with Gasteiger partial charge in [0.25, 0.3) is 0 Å². The summed E-state index contributed by atoms with van der Waals surface area (Å²) in [5.74, 6) is 1.01. The molecule has 2 aromatic heterocycles. The smallest absolute Gasteiger partial charge is 0.340 e. The SMILES string of the molecule is Cc1nc(C)c(C(=O)O)c(SCc2nccn2C)n1. The van der Waals surface area contributed by atoms with Gasteiger partial charge in [0.05, 0.1) is 11.4 Å². The highest BCUT2D eigenvalue weighted by Crippen LogP contribution is 2.25. The van der Waals surface area contributed by atoms with Crippen LogP contribution in [0.3, 0.4) is 0 Å². The highest BCUT2D eigenvalue weighted by atomic mass is 32.2. The van der Waals surface area contributed by atoms with E-state index in [-0.39, 0.29) is 5.56 Å². The minimum absolute atomic E-state index is 0.171. The van der Waals surface area contributed by atoms with Gasteiger partial charge >= 0.3 is 5.97 Å². The molecule has 0 aromatic carbocycles. The Morgan fingerprint density at radius 1 is 1.42 bits per heavy atom. The fourth-order valence-electron chi connectivity index (χ4n) is 1.70. The van der Waals surface area contributed by atoms with Crippen LogP contribution in [0.5, 0.6) is 0 Å². The zero-order valence-electron chi connectivity index (χ0n) is 10.9. The van der Waals surface area contributed by atoms with Gasteiger partial charge in [0.1, 0.15) is 22.2 Å². The maximum absolute atomic E-state index is 11.3. The molecule has 2 rings (SSSR count). The van der Waals surface area contributed by atoms with Gasteiger partial charge < -0.3 is 9.67 Å². The fourth-order valence-corrected chi connectivity index (χ4v) is 2.82. The van der Waals surface area contributed by atoms with Crippen LogP contribution < -0.4 is 0 Å². The maximum atomic E-state index is 11.3. The predicted molar refractivity (Wildman–Crippen MR) is 71.2 cm³/mol. The molecule has 0 spiro atoms. The Morgan fingerprint density at radius 3 is 2.74 bits per heavy atom. The van der Waals surface area contributed by atoms with Crippen LogP contribution in [0.1, 0.15) is 27.7 Å². The summed E-state index contributed by atoms with van der Waals surface area (Å²) in [5, 5.41) is 9.72. The molecular formula is C12H14N4O2S. The minimum atomic E-state index is -1.00. The zero-order valence-corrected chi connectivity index (χ0v) is 11.7. The van der Waals surface area contributed by atoms with E-state index >= 15 is 0 Å². The maximum Gasteiger partial charge on any atom is 0.340 e. The number of hydrogen-bond donors (Lipinski definition) is 1. The zero-order chi connectivity index (χ0) is 14.0. The fraction of sp³-hybridized carbons (Fsp3) is 0.333. The Hall–Kier alpha value is -1.89. The van der Waals surface area contributed by atoms with Crippen LogP contribution >= 0.6 is 11.8 Å². The first kappa shape index (κ1) is 13.5. The minimum Gasteiger partial charge on any atom is -0.478 e. The third-order valence-corrected chi connectivity index (χ3v) is 3.61. The van der Waals surface area contributed by atoms with E-state index in [2.05, 4.69) is 15.0 Å². The monoisotopic (exact) mass is 278 g/mol. The van der Waals surface area contributed by atoms with Crippen molar-refractivity contribution in [3.05, 3.63) is 35.3 Å². The summed E-state index contributed by atoms with van der Waals surface area (Å²) >= 11 is 1.36. The number of carboxylic acids is 1. The van der Waals surface area contributed by atoms with Gasteiger partial charge in [-0.25, -0.2) is 19.7 Å². The van der Waals surface area contributed by atoms with Crippen LogP contribution in [0, 0.1) is 13.8 Å². The summed E-state index contributed by atoms with van der Waals surface area (Å²) in [6, 6.07) is 0. The molecular weight excluding hydrogens is 264 g/mol. The van der Waals surface area contributed by atoms with Crippen LogP contribution in [0.4, 0.5) is 0 Å². The van der Waals surface area contributed by atoms with Crippen molar-refractivity contribution >= 4 is 17.7 Å². The van der Waals surface area contributed by atoms with Crippen molar-refractivity contribution in [2.45, 2.75) is 24.6 Å². The van der Waals surface area contributed by atoms with Crippen molar-refractivity contribution in [3.8, 4) is 0 Å². The molecule has 0 saturated carbocycles. The highest BCUT2D eigenvalue weighted by Gasteiger charge is 2.17. The number of aromatic nitrogens is 4. The van der Waals surface area contributed by atoms with Gasteiger partial charge in [-0.1, -0.05) is 11.8 Å². The second-order valence-electron chi connectivity index (χ2n) is 4.08. The quantitative estimate of drug-likeness (QED) is 0.678. The Bertz CT molecular complexity index is 624. The van der Waals surface area contributed by atoms with E-state index in [1.165, 1.54) is 11.8 Å². The van der Waals surface area contributed by atoms with Crippen molar-refractivity contribution in [2.24, 2.45) is 7.05 Å². The molecule has 2 aromatic rings.